The Morgan fingerprint density at radius 1 is 1.47 bits per heavy atom. The molecule has 0 amide bonds. The van der Waals surface area contributed by atoms with Gasteiger partial charge in [0.25, 0.3) is 0 Å². The molecule has 0 aliphatic heterocycles. The zero-order valence-corrected chi connectivity index (χ0v) is 9.26. The van der Waals surface area contributed by atoms with Gasteiger partial charge in [-0.2, -0.15) is 0 Å². The Kier molecular flexibility index (Phi) is 4.72. The molecule has 84 valence electrons. The van der Waals surface area contributed by atoms with E-state index in [1.807, 2.05) is 13.8 Å². The molecule has 1 unspecified atom stereocenters. The summed E-state index contributed by atoms with van der Waals surface area (Å²) in [5.74, 6) is -0.204. The van der Waals surface area contributed by atoms with Crippen molar-refractivity contribution in [3.05, 3.63) is 35.1 Å². The number of rotatable bonds is 5. The minimum absolute atomic E-state index is 0.204. The van der Waals surface area contributed by atoms with Gasteiger partial charge in [-0.05, 0) is 36.6 Å². The number of aryl methyl sites for hydroxylation is 1. The fraction of sp³-hybridized carbons (Fsp3) is 0.500. The molecule has 0 saturated heterocycles. The predicted molar refractivity (Wildman–Crippen MR) is 59.1 cm³/mol. The van der Waals surface area contributed by atoms with Crippen LogP contribution in [0.1, 0.15) is 24.5 Å². The molecule has 0 heterocycles. The average molecular weight is 211 g/mol. The van der Waals surface area contributed by atoms with E-state index >= 15 is 0 Å². The third kappa shape index (κ3) is 3.98. The van der Waals surface area contributed by atoms with Gasteiger partial charge in [0.1, 0.15) is 5.82 Å². The highest BCUT2D eigenvalue weighted by Crippen LogP contribution is 2.09. The summed E-state index contributed by atoms with van der Waals surface area (Å²) in [4.78, 5) is 0. The molecule has 0 fully saturated rings. The van der Waals surface area contributed by atoms with Crippen LogP contribution in [0.2, 0.25) is 0 Å². The minimum Gasteiger partial charge on any atom is -0.392 e. The van der Waals surface area contributed by atoms with Gasteiger partial charge < -0.3 is 10.4 Å². The van der Waals surface area contributed by atoms with E-state index in [2.05, 4.69) is 5.32 Å². The summed E-state index contributed by atoms with van der Waals surface area (Å²) >= 11 is 0. The maximum Gasteiger partial charge on any atom is 0.123 e. The van der Waals surface area contributed by atoms with Crippen LogP contribution in [-0.4, -0.2) is 17.8 Å². The second-order valence-electron chi connectivity index (χ2n) is 3.76. The van der Waals surface area contributed by atoms with Gasteiger partial charge in [0.15, 0.2) is 0 Å². The molecule has 2 nitrogen and oxygen atoms in total. The van der Waals surface area contributed by atoms with Crippen LogP contribution in [0, 0.1) is 12.7 Å². The molecule has 1 rings (SSSR count). The van der Waals surface area contributed by atoms with Crippen molar-refractivity contribution in [3.8, 4) is 0 Å². The first-order valence-electron chi connectivity index (χ1n) is 5.27. The molecule has 0 radical (unpaired) electrons. The van der Waals surface area contributed by atoms with Crippen LogP contribution < -0.4 is 5.32 Å². The average Bonchev–Trinajstić information content (AvgIpc) is 2.21. The maximum absolute atomic E-state index is 12.8. The minimum atomic E-state index is -0.300. The van der Waals surface area contributed by atoms with Crippen molar-refractivity contribution in [3.63, 3.8) is 0 Å². The van der Waals surface area contributed by atoms with E-state index in [4.69, 9.17) is 0 Å². The van der Waals surface area contributed by atoms with Crippen molar-refractivity contribution in [2.75, 3.05) is 6.54 Å². The number of aliphatic hydroxyl groups is 1. The summed E-state index contributed by atoms with van der Waals surface area (Å²) < 4.78 is 12.8. The van der Waals surface area contributed by atoms with Gasteiger partial charge in [0.2, 0.25) is 0 Å². The molecule has 0 aliphatic rings. The van der Waals surface area contributed by atoms with Gasteiger partial charge in [0.05, 0.1) is 6.10 Å². The number of hydrogen-bond acceptors (Lipinski definition) is 2. The predicted octanol–water partition coefficient (Wildman–Crippen LogP) is 1.99. The molecular weight excluding hydrogens is 193 g/mol. The molecule has 0 saturated carbocycles. The molecule has 1 aromatic carbocycles. The highest BCUT2D eigenvalue weighted by Gasteiger charge is 2.02. The van der Waals surface area contributed by atoms with Crippen LogP contribution in [0.15, 0.2) is 18.2 Å². The first kappa shape index (κ1) is 12.1. The van der Waals surface area contributed by atoms with Crippen LogP contribution in [0.25, 0.3) is 0 Å². The quantitative estimate of drug-likeness (QED) is 0.780. The Bertz CT molecular complexity index is 314. The smallest absolute Gasteiger partial charge is 0.123 e. The second kappa shape index (κ2) is 5.83. The van der Waals surface area contributed by atoms with Crippen molar-refractivity contribution in [1.82, 2.24) is 5.32 Å². The fourth-order valence-corrected chi connectivity index (χ4v) is 1.38. The molecule has 3 heteroatoms. The number of benzene rings is 1. The fourth-order valence-electron chi connectivity index (χ4n) is 1.38. The van der Waals surface area contributed by atoms with Crippen LogP contribution in [0.4, 0.5) is 4.39 Å². The molecule has 15 heavy (non-hydrogen) atoms. The number of hydrogen-bond donors (Lipinski definition) is 2. The normalized spacial score (nSPS) is 12.8. The summed E-state index contributed by atoms with van der Waals surface area (Å²) in [6.07, 6.45) is 0.445. The van der Waals surface area contributed by atoms with Crippen molar-refractivity contribution in [2.24, 2.45) is 0 Å². The van der Waals surface area contributed by atoms with E-state index in [9.17, 15) is 9.50 Å². The lowest BCUT2D eigenvalue weighted by molar-refractivity contribution is 0.167. The van der Waals surface area contributed by atoms with Crippen molar-refractivity contribution in [1.29, 1.82) is 0 Å². The lowest BCUT2D eigenvalue weighted by atomic mass is 10.1. The Morgan fingerprint density at radius 3 is 2.80 bits per heavy atom. The van der Waals surface area contributed by atoms with E-state index in [0.29, 0.717) is 13.1 Å². The number of halogens is 1. The Morgan fingerprint density at radius 2 is 2.20 bits per heavy atom. The lowest BCUT2D eigenvalue weighted by Crippen LogP contribution is -2.25. The van der Waals surface area contributed by atoms with Crippen LogP contribution in [-0.2, 0) is 6.54 Å². The number of aliphatic hydroxyl groups excluding tert-OH is 1. The van der Waals surface area contributed by atoms with Gasteiger partial charge >= 0.3 is 0 Å². The van der Waals surface area contributed by atoms with Crippen LogP contribution in [0.5, 0.6) is 0 Å². The summed E-state index contributed by atoms with van der Waals surface area (Å²) in [5.41, 5.74) is 2.01. The van der Waals surface area contributed by atoms with E-state index in [1.54, 1.807) is 6.07 Å². The lowest BCUT2D eigenvalue weighted by Gasteiger charge is -2.10. The maximum atomic E-state index is 12.8. The molecule has 2 N–H and O–H groups in total. The Balaban J connectivity index is 2.44. The Labute approximate surface area is 90.1 Å². The molecule has 1 aromatic rings. The first-order valence-corrected chi connectivity index (χ1v) is 5.27. The van der Waals surface area contributed by atoms with Crippen LogP contribution >= 0.6 is 0 Å². The van der Waals surface area contributed by atoms with Gasteiger partial charge in [-0.1, -0.05) is 13.0 Å². The standard InChI is InChI=1S/C12H18FNO/c1-3-12(15)8-14-7-10-4-5-11(13)6-9(10)2/h4-6,12,14-15H,3,7-8H2,1-2H3. The van der Waals surface area contributed by atoms with Crippen molar-refractivity contribution >= 4 is 0 Å². The van der Waals surface area contributed by atoms with Gasteiger partial charge in [-0.25, -0.2) is 4.39 Å². The zero-order valence-electron chi connectivity index (χ0n) is 9.26. The first-order chi connectivity index (χ1) is 7.13. The summed E-state index contributed by atoms with van der Waals surface area (Å²) in [6, 6.07) is 4.75. The van der Waals surface area contributed by atoms with Crippen LogP contribution in [0.3, 0.4) is 0 Å². The van der Waals surface area contributed by atoms with Crippen molar-refractivity contribution in [2.45, 2.75) is 32.9 Å². The van der Waals surface area contributed by atoms with Gasteiger partial charge in [-0.3, -0.25) is 0 Å². The monoisotopic (exact) mass is 211 g/mol. The topological polar surface area (TPSA) is 32.3 Å². The molecule has 0 bridgehead atoms. The number of nitrogens with one attached hydrogen (secondary N) is 1. The van der Waals surface area contributed by atoms with E-state index in [0.717, 1.165) is 17.5 Å². The Hall–Kier alpha value is -0.930. The SMILES string of the molecule is CCC(O)CNCc1ccc(F)cc1C. The molecule has 0 spiro atoms. The largest absolute Gasteiger partial charge is 0.392 e. The third-order valence-electron chi connectivity index (χ3n) is 2.47. The third-order valence-corrected chi connectivity index (χ3v) is 2.47. The van der Waals surface area contributed by atoms with Crippen molar-refractivity contribution < 1.29 is 9.50 Å². The van der Waals surface area contributed by atoms with E-state index in [-0.39, 0.29) is 11.9 Å². The van der Waals surface area contributed by atoms with E-state index < -0.39 is 0 Å². The molecule has 1 atom stereocenters. The van der Waals surface area contributed by atoms with Gasteiger partial charge in [-0.15, -0.1) is 0 Å². The zero-order chi connectivity index (χ0) is 11.3. The summed E-state index contributed by atoms with van der Waals surface area (Å²) in [7, 11) is 0. The second-order valence-corrected chi connectivity index (χ2v) is 3.76. The highest BCUT2D eigenvalue weighted by atomic mass is 19.1. The summed E-state index contributed by atoms with van der Waals surface area (Å²) in [5, 5.41) is 12.5. The molecular formula is C12H18FNO. The molecule has 0 aliphatic carbocycles. The van der Waals surface area contributed by atoms with E-state index in [1.165, 1.54) is 12.1 Å². The highest BCUT2D eigenvalue weighted by molar-refractivity contribution is 5.26. The molecule has 0 aromatic heterocycles. The summed E-state index contributed by atoms with van der Waals surface area (Å²) in [6.45, 7) is 5.07. The van der Waals surface area contributed by atoms with Gasteiger partial charge in [0, 0.05) is 13.1 Å².